The highest BCUT2D eigenvalue weighted by atomic mass is 15.3. The average Bonchev–Trinajstić information content (AvgIpc) is 2.22. The molecule has 0 aromatic rings. The molecule has 2 rings (SSSR count). The molecule has 0 bridgehead atoms. The molecule has 0 atom stereocenters. The van der Waals surface area contributed by atoms with E-state index in [0.717, 1.165) is 13.1 Å². The lowest BCUT2D eigenvalue weighted by Gasteiger charge is -2.50. The van der Waals surface area contributed by atoms with Crippen molar-refractivity contribution in [1.82, 2.24) is 9.80 Å². The van der Waals surface area contributed by atoms with Gasteiger partial charge in [0.2, 0.25) is 0 Å². The summed E-state index contributed by atoms with van der Waals surface area (Å²) in [6.45, 7) is 9.31. The van der Waals surface area contributed by atoms with Gasteiger partial charge in [0.25, 0.3) is 0 Å². The summed E-state index contributed by atoms with van der Waals surface area (Å²) in [4.78, 5) is 5.05. The Morgan fingerprint density at radius 3 is 2.29 bits per heavy atom. The Hall–Kier alpha value is -0.120. The van der Waals surface area contributed by atoms with Crippen LogP contribution in [0.25, 0.3) is 0 Å². The maximum Gasteiger partial charge on any atom is 0.0283 e. The minimum atomic E-state index is 0.0887. The highest BCUT2D eigenvalue weighted by molar-refractivity contribution is 4.97. The standard InChI is InChI=1S/C14H29N3/c1-13(2)11-16(3)9-10-17(13)12-14(15)7-5-4-6-8-14/h4-12,15H2,1-3H3. The minimum Gasteiger partial charge on any atom is -0.324 e. The number of nitrogens with zero attached hydrogens (tertiary/aromatic N) is 2. The molecular formula is C14H29N3. The van der Waals surface area contributed by atoms with Crippen LogP contribution in [0.1, 0.15) is 46.0 Å². The Bertz CT molecular complexity index is 256. The maximum absolute atomic E-state index is 6.59. The van der Waals surface area contributed by atoms with Crippen LogP contribution in [0.15, 0.2) is 0 Å². The summed E-state index contributed by atoms with van der Waals surface area (Å²) in [5, 5.41) is 0. The summed E-state index contributed by atoms with van der Waals surface area (Å²) < 4.78 is 0. The van der Waals surface area contributed by atoms with E-state index in [1.165, 1.54) is 45.2 Å². The van der Waals surface area contributed by atoms with E-state index in [4.69, 9.17) is 5.73 Å². The molecule has 0 amide bonds. The highest BCUT2D eigenvalue weighted by Crippen LogP contribution is 2.30. The van der Waals surface area contributed by atoms with Crippen LogP contribution in [-0.2, 0) is 0 Å². The van der Waals surface area contributed by atoms with E-state index in [9.17, 15) is 0 Å². The number of rotatable bonds is 2. The van der Waals surface area contributed by atoms with E-state index in [1.54, 1.807) is 0 Å². The smallest absolute Gasteiger partial charge is 0.0283 e. The second kappa shape index (κ2) is 4.87. The fraction of sp³-hybridized carbons (Fsp3) is 1.00. The molecular weight excluding hydrogens is 210 g/mol. The van der Waals surface area contributed by atoms with Crippen molar-refractivity contribution in [3.8, 4) is 0 Å². The minimum absolute atomic E-state index is 0.0887. The third kappa shape index (κ3) is 3.21. The van der Waals surface area contributed by atoms with Gasteiger partial charge in [-0.3, -0.25) is 4.90 Å². The molecule has 2 fully saturated rings. The van der Waals surface area contributed by atoms with Gasteiger partial charge in [0.05, 0.1) is 0 Å². The third-order valence-corrected chi connectivity index (χ3v) is 4.62. The predicted molar refractivity (Wildman–Crippen MR) is 73.2 cm³/mol. The number of hydrogen-bond acceptors (Lipinski definition) is 3. The van der Waals surface area contributed by atoms with Crippen molar-refractivity contribution >= 4 is 0 Å². The topological polar surface area (TPSA) is 32.5 Å². The summed E-state index contributed by atoms with van der Waals surface area (Å²) in [5.74, 6) is 0. The first-order chi connectivity index (χ1) is 7.91. The van der Waals surface area contributed by atoms with Crippen LogP contribution in [0.5, 0.6) is 0 Å². The lowest BCUT2D eigenvalue weighted by atomic mass is 9.81. The molecule has 2 N–H and O–H groups in total. The van der Waals surface area contributed by atoms with Crippen molar-refractivity contribution in [1.29, 1.82) is 0 Å². The normalized spacial score (nSPS) is 30.4. The van der Waals surface area contributed by atoms with Gasteiger partial charge >= 0.3 is 0 Å². The van der Waals surface area contributed by atoms with Gasteiger partial charge in [0, 0.05) is 37.3 Å². The Balaban J connectivity index is 1.97. The van der Waals surface area contributed by atoms with E-state index in [-0.39, 0.29) is 11.1 Å². The zero-order valence-corrected chi connectivity index (χ0v) is 11.8. The molecule has 1 aliphatic carbocycles. The van der Waals surface area contributed by atoms with Gasteiger partial charge < -0.3 is 10.6 Å². The van der Waals surface area contributed by atoms with E-state index < -0.39 is 0 Å². The zero-order valence-electron chi connectivity index (χ0n) is 11.8. The summed E-state index contributed by atoms with van der Waals surface area (Å²) in [5.41, 5.74) is 6.95. The molecule has 1 saturated heterocycles. The van der Waals surface area contributed by atoms with Crippen molar-refractivity contribution in [2.24, 2.45) is 5.73 Å². The molecule has 2 aliphatic rings. The van der Waals surface area contributed by atoms with Crippen molar-refractivity contribution in [3.63, 3.8) is 0 Å². The first-order valence-corrected chi connectivity index (χ1v) is 7.14. The molecule has 0 aromatic heterocycles. The van der Waals surface area contributed by atoms with Crippen molar-refractivity contribution in [2.75, 3.05) is 33.2 Å². The SMILES string of the molecule is CN1CCN(CC2(N)CCCCC2)C(C)(C)C1. The largest absolute Gasteiger partial charge is 0.324 e. The number of likely N-dealkylation sites (N-methyl/N-ethyl adjacent to an activating group) is 1. The zero-order chi connectivity index (χ0) is 12.5. The summed E-state index contributed by atoms with van der Waals surface area (Å²) in [7, 11) is 2.22. The van der Waals surface area contributed by atoms with Gasteiger partial charge in [0.15, 0.2) is 0 Å². The van der Waals surface area contributed by atoms with E-state index in [2.05, 4.69) is 30.7 Å². The van der Waals surface area contributed by atoms with Gasteiger partial charge in [-0.2, -0.15) is 0 Å². The molecule has 100 valence electrons. The number of piperazine rings is 1. The van der Waals surface area contributed by atoms with Crippen molar-refractivity contribution in [2.45, 2.75) is 57.0 Å². The van der Waals surface area contributed by atoms with Crippen molar-refractivity contribution in [3.05, 3.63) is 0 Å². The molecule has 0 unspecified atom stereocenters. The fourth-order valence-electron chi connectivity index (χ4n) is 3.52. The molecule has 17 heavy (non-hydrogen) atoms. The Labute approximate surface area is 106 Å². The van der Waals surface area contributed by atoms with E-state index >= 15 is 0 Å². The highest BCUT2D eigenvalue weighted by Gasteiger charge is 2.37. The summed E-state index contributed by atoms with van der Waals surface area (Å²) >= 11 is 0. The van der Waals surface area contributed by atoms with Gasteiger partial charge in [-0.15, -0.1) is 0 Å². The lowest BCUT2D eigenvalue weighted by Crippen LogP contribution is -2.63. The van der Waals surface area contributed by atoms with E-state index in [0.29, 0.717) is 0 Å². The Morgan fingerprint density at radius 2 is 1.71 bits per heavy atom. The molecule has 1 saturated carbocycles. The lowest BCUT2D eigenvalue weighted by molar-refractivity contribution is 0.00943. The van der Waals surface area contributed by atoms with E-state index in [1.807, 2.05) is 0 Å². The van der Waals surface area contributed by atoms with Crippen LogP contribution in [0.2, 0.25) is 0 Å². The van der Waals surface area contributed by atoms with Crippen LogP contribution in [-0.4, -0.2) is 54.1 Å². The van der Waals surface area contributed by atoms with Crippen LogP contribution in [0.4, 0.5) is 0 Å². The van der Waals surface area contributed by atoms with Crippen molar-refractivity contribution < 1.29 is 0 Å². The fourth-order valence-corrected chi connectivity index (χ4v) is 3.52. The number of hydrogen-bond donors (Lipinski definition) is 1. The molecule has 0 radical (unpaired) electrons. The van der Waals surface area contributed by atoms with Gasteiger partial charge in [-0.1, -0.05) is 19.3 Å². The molecule has 0 spiro atoms. The first-order valence-electron chi connectivity index (χ1n) is 7.14. The Morgan fingerprint density at radius 1 is 1.06 bits per heavy atom. The van der Waals surface area contributed by atoms with Crippen LogP contribution in [0, 0.1) is 0 Å². The molecule has 1 aliphatic heterocycles. The van der Waals surface area contributed by atoms with Crippen LogP contribution >= 0.6 is 0 Å². The maximum atomic E-state index is 6.59. The molecule has 0 aromatic carbocycles. The van der Waals surface area contributed by atoms with Crippen LogP contribution in [0.3, 0.4) is 0 Å². The monoisotopic (exact) mass is 239 g/mol. The third-order valence-electron chi connectivity index (χ3n) is 4.62. The average molecular weight is 239 g/mol. The second-order valence-corrected chi connectivity index (χ2v) is 6.89. The van der Waals surface area contributed by atoms with Gasteiger partial charge in [-0.25, -0.2) is 0 Å². The predicted octanol–water partition coefficient (Wildman–Crippen LogP) is 1.67. The summed E-state index contributed by atoms with van der Waals surface area (Å²) in [6, 6.07) is 0. The van der Waals surface area contributed by atoms with Gasteiger partial charge in [0.1, 0.15) is 0 Å². The van der Waals surface area contributed by atoms with Gasteiger partial charge in [-0.05, 0) is 33.7 Å². The quantitative estimate of drug-likeness (QED) is 0.796. The molecule has 3 heteroatoms. The molecule has 3 nitrogen and oxygen atoms in total. The van der Waals surface area contributed by atoms with Crippen LogP contribution < -0.4 is 5.73 Å². The molecule has 1 heterocycles. The summed E-state index contributed by atoms with van der Waals surface area (Å²) in [6.07, 6.45) is 6.46. The second-order valence-electron chi connectivity index (χ2n) is 6.89. The Kier molecular flexibility index (Phi) is 3.81. The first kappa shape index (κ1) is 13.3. The number of nitrogens with two attached hydrogens (primary N) is 1.